The summed E-state index contributed by atoms with van der Waals surface area (Å²) in [6.45, 7) is 5.28. The summed E-state index contributed by atoms with van der Waals surface area (Å²) < 4.78 is 5.26. The van der Waals surface area contributed by atoms with E-state index in [4.69, 9.17) is 9.52 Å². The Labute approximate surface area is 99.8 Å². The van der Waals surface area contributed by atoms with Gasteiger partial charge in [-0.15, -0.1) is 0 Å². The molecule has 0 aliphatic rings. The first-order valence-electron chi connectivity index (χ1n) is 5.50. The number of rotatable bonds is 5. The van der Waals surface area contributed by atoms with E-state index >= 15 is 0 Å². The Kier molecular flexibility index (Phi) is 4.31. The number of carbonyl (C=O) groups is 2. The van der Waals surface area contributed by atoms with Crippen LogP contribution < -0.4 is 5.32 Å². The fourth-order valence-corrected chi connectivity index (χ4v) is 1.57. The van der Waals surface area contributed by atoms with Gasteiger partial charge < -0.3 is 14.8 Å². The van der Waals surface area contributed by atoms with Crippen LogP contribution in [0.25, 0.3) is 0 Å². The van der Waals surface area contributed by atoms with Crippen LogP contribution in [0.3, 0.4) is 0 Å². The van der Waals surface area contributed by atoms with Gasteiger partial charge in [0.1, 0.15) is 11.5 Å². The fraction of sp³-hybridized carbons (Fsp3) is 0.500. The number of carboxylic acids is 1. The maximum Gasteiger partial charge on any atom is 0.303 e. The van der Waals surface area contributed by atoms with Gasteiger partial charge in [0.05, 0.1) is 5.56 Å². The zero-order chi connectivity index (χ0) is 13.0. The monoisotopic (exact) mass is 239 g/mol. The third kappa shape index (κ3) is 3.94. The third-order valence-corrected chi connectivity index (χ3v) is 2.45. The van der Waals surface area contributed by atoms with E-state index in [0.29, 0.717) is 23.5 Å². The van der Waals surface area contributed by atoms with Crippen molar-refractivity contribution < 1.29 is 19.1 Å². The molecule has 1 rings (SSSR count). The minimum Gasteiger partial charge on any atom is -0.481 e. The van der Waals surface area contributed by atoms with Gasteiger partial charge in [-0.25, -0.2) is 0 Å². The lowest BCUT2D eigenvalue weighted by molar-refractivity contribution is -0.137. The van der Waals surface area contributed by atoms with Gasteiger partial charge in [0.2, 0.25) is 0 Å². The Morgan fingerprint density at radius 2 is 2.12 bits per heavy atom. The highest BCUT2D eigenvalue weighted by atomic mass is 16.4. The fourth-order valence-electron chi connectivity index (χ4n) is 1.57. The molecule has 0 saturated carbocycles. The van der Waals surface area contributed by atoms with Gasteiger partial charge in [-0.05, 0) is 33.3 Å². The van der Waals surface area contributed by atoms with E-state index in [9.17, 15) is 9.59 Å². The molecular weight excluding hydrogens is 222 g/mol. The molecule has 94 valence electrons. The Morgan fingerprint density at radius 3 is 2.59 bits per heavy atom. The minimum absolute atomic E-state index is 0.0465. The Bertz CT molecular complexity index is 422. The molecule has 1 aromatic rings. The van der Waals surface area contributed by atoms with Crippen LogP contribution in [0.15, 0.2) is 10.5 Å². The molecule has 1 heterocycles. The summed E-state index contributed by atoms with van der Waals surface area (Å²) in [6.07, 6.45) is 0.460. The van der Waals surface area contributed by atoms with Crippen molar-refractivity contribution in [2.45, 2.75) is 39.7 Å². The topological polar surface area (TPSA) is 79.5 Å². The van der Waals surface area contributed by atoms with Gasteiger partial charge in [0.25, 0.3) is 5.91 Å². The van der Waals surface area contributed by atoms with Gasteiger partial charge in [-0.1, -0.05) is 0 Å². The number of carboxylic acid groups (broad SMARTS) is 1. The molecule has 17 heavy (non-hydrogen) atoms. The van der Waals surface area contributed by atoms with Crippen LogP contribution in [0.5, 0.6) is 0 Å². The van der Waals surface area contributed by atoms with Gasteiger partial charge in [-0.2, -0.15) is 0 Å². The standard InChI is InChI=1S/C12H17NO4/c1-7(4-5-11(14)15)13-12(16)10-6-8(2)17-9(10)3/h6-7H,4-5H2,1-3H3,(H,13,16)(H,14,15)/t7-/m0/s1. The first kappa shape index (κ1) is 13.3. The average Bonchev–Trinajstić information content (AvgIpc) is 2.55. The zero-order valence-electron chi connectivity index (χ0n) is 10.2. The van der Waals surface area contributed by atoms with Crippen molar-refractivity contribution in [2.75, 3.05) is 0 Å². The lowest BCUT2D eigenvalue weighted by Crippen LogP contribution is -2.33. The van der Waals surface area contributed by atoms with Crippen LogP contribution in [0.2, 0.25) is 0 Å². The molecule has 0 bridgehead atoms. The summed E-state index contributed by atoms with van der Waals surface area (Å²) in [7, 11) is 0. The summed E-state index contributed by atoms with van der Waals surface area (Å²) in [5, 5.41) is 11.3. The molecule has 0 aliphatic carbocycles. The molecule has 1 aromatic heterocycles. The smallest absolute Gasteiger partial charge is 0.303 e. The van der Waals surface area contributed by atoms with Crippen LogP contribution in [0.1, 0.15) is 41.6 Å². The van der Waals surface area contributed by atoms with E-state index in [2.05, 4.69) is 5.32 Å². The maximum absolute atomic E-state index is 11.8. The van der Waals surface area contributed by atoms with Crippen LogP contribution in [0.4, 0.5) is 0 Å². The number of carbonyl (C=O) groups excluding carboxylic acids is 1. The largest absolute Gasteiger partial charge is 0.481 e. The highest BCUT2D eigenvalue weighted by molar-refractivity contribution is 5.95. The molecule has 2 N–H and O–H groups in total. The molecule has 0 spiro atoms. The third-order valence-electron chi connectivity index (χ3n) is 2.45. The molecular formula is C12H17NO4. The van der Waals surface area contributed by atoms with Gasteiger partial charge in [0.15, 0.2) is 0 Å². The molecule has 0 aliphatic heterocycles. The SMILES string of the molecule is Cc1cc(C(=O)N[C@@H](C)CCC(=O)O)c(C)o1. The van der Waals surface area contributed by atoms with Gasteiger partial charge in [-0.3, -0.25) is 9.59 Å². The quantitative estimate of drug-likeness (QED) is 0.822. The molecule has 5 nitrogen and oxygen atoms in total. The van der Waals surface area contributed by atoms with Crippen molar-refractivity contribution >= 4 is 11.9 Å². The van der Waals surface area contributed by atoms with E-state index in [0.717, 1.165) is 0 Å². The lowest BCUT2D eigenvalue weighted by Gasteiger charge is -2.11. The van der Waals surface area contributed by atoms with E-state index in [-0.39, 0.29) is 18.4 Å². The number of aliphatic carboxylic acids is 1. The number of nitrogens with one attached hydrogen (secondary N) is 1. The first-order chi connectivity index (χ1) is 7.90. The second kappa shape index (κ2) is 5.52. The summed E-state index contributed by atoms with van der Waals surface area (Å²) in [6, 6.07) is 1.50. The van der Waals surface area contributed by atoms with E-state index in [1.54, 1.807) is 26.8 Å². The van der Waals surface area contributed by atoms with Crippen LogP contribution in [-0.2, 0) is 4.79 Å². The number of hydrogen-bond donors (Lipinski definition) is 2. The van der Waals surface area contributed by atoms with Crippen molar-refractivity contribution in [2.24, 2.45) is 0 Å². The number of amides is 1. The zero-order valence-corrected chi connectivity index (χ0v) is 10.2. The van der Waals surface area contributed by atoms with Gasteiger partial charge >= 0.3 is 5.97 Å². The van der Waals surface area contributed by atoms with Crippen LogP contribution >= 0.6 is 0 Å². The summed E-state index contributed by atoms with van der Waals surface area (Å²) in [4.78, 5) is 22.2. The minimum atomic E-state index is -0.860. The summed E-state index contributed by atoms with van der Waals surface area (Å²) >= 11 is 0. The molecule has 0 radical (unpaired) electrons. The van der Waals surface area contributed by atoms with Crippen molar-refractivity contribution in [1.29, 1.82) is 0 Å². The normalized spacial score (nSPS) is 12.2. The molecule has 0 fully saturated rings. The molecule has 0 saturated heterocycles. The molecule has 0 aromatic carbocycles. The predicted octanol–water partition coefficient (Wildman–Crippen LogP) is 1.88. The van der Waals surface area contributed by atoms with Crippen molar-refractivity contribution in [3.63, 3.8) is 0 Å². The Hall–Kier alpha value is -1.78. The second-order valence-electron chi connectivity index (χ2n) is 4.13. The van der Waals surface area contributed by atoms with Crippen molar-refractivity contribution in [3.05, 3.63) is 23.2 Å². The van der Waals surface area contributed by atoms with Crippen LogP contribution in [0, 0.1) is 13.8 Å². The van der Waals surface area contributed by atoms with E-state index in [1.807, 2.05) is 0 Å². The number of furan rings is 1. The van der Waals surface area contributed by atoms with E-state index in [1.165, 1.54) is 0 Å². The lowest BCUT2D eigenvalue weighted by atomic mass is 10.1. The maximum atomic E-state index is 11.8. The van der Waals surface area contributed by atoms with Crippen molar-refractivity contribution in [1.82, 2.24) is 5.32 Å². The highest BCUT2D eigenvalue weighted by Gasteiger charge is 2.15. The number of hydrogen-bond acceptors (Lipinski definition) is 3. The second-order valence-corrected chi connectivity index (χ2v) is 4.13. The first-order valence-corrected chi connectivity index (χ1v) is 5.50. The molecule has 1 amide bonds. The summed E-state index contributed by atoms with van der Waals surface area (Å²) in [5.41, 5.74) is 0.504. The molecule has 5 heteroatoms. The van der Waals surface area contributed by atoms with Crippen molar-refractivity contribution in [3.8, 4) is 0 Å². The Morgan fingerprint density at radius 1 is 1.47 bits per heavy atom. The highest BCUT2D eigenvalue weighted by Crippen LogP contribution is 2.13. The average molecular weight is 239 g/mol. The Balaban J connectivity index is 2.54. The molecule has 0 unspecified atom stereocenters. The predicted molar refractivity (Wildman–Crippen MR) is 62.0 cm³/mol. The van der Waals surface area contributed by atoms with Gasteiger partial charge in [0, 0.05) is 12.5 Å². The number of aryl methyl sites for hydroxylation is 2. The van der Waals surface area contributed by atoms with Crippen LogP contribution in [-0.4, -0.2) is 23.0 Å². The van der Waals surface area contributed by atoms with E-state index < -0.39 is 5.97 Å². The summed E-state index contributed by atoms with van der Waals surface area (Å²) in [5.74, 6) is 0.176. The molecule has 1 atom stereocenters.